The van der Waals surface area contributed by atoms with Crippen molar-refractivity contribution < 1.29 is 9.59 Å². The number of hydrogen-bond donors (Lipinski definition) is 2. The second kappa shape index (κ2) is 7.54. The van der Waals surface area contributed by atoms with Gasteiger partial charge in [-0.2, -0.15) is 0 Å². The van der Waals surface area contributed by atoms with Crippen LogP contribution in [0.1, 0.15) is 23.2 Å². The molecule has 0 radical (unpaired) electrons. The lowest BCUT2D eigenvalue weighted by Gasteiger charge is -2.23. The smallest absolute Gasteiger partial charge is 0.257 e. The molecule has 1 aliphatic heterocycles. The summed E-state index contributed by atoms with van der Waals surface area (Å²) in [4.78, 5) is 26.0. The Morgan fingerprint density at radius 2 is 2.05 bits per heavy atom. The largest absolute Gasteiger partial charge is 0.318 e. The molecule has 21 heavy (non-hydrogen) atoms. The van der Waals surface area contributed by atoms with Gasteiger partial charge < -0.3 is 5.32 Å². The molecule has 114 valence electrons. The number of amides is 2. The van der Waals surface area contributed by atoms with Crippen molar-refractivity contribution in [3.63, 3.8) is 0 Å². The maximum atomic E-state index is 12.0. The Labute approximate surface area is 129 Å². The number of benzene rings is 1. The number of hydrogen-bond acceptors (Lipinski definition) is 4. The first kappa shape index (κ1) is 15.9. The second-order valence-electron chi connectivity index (χ2n) is 5.21. The minimum absolute atomic E-state index is 0.256. The van der Waals surface area contributed by atoms with Crippen LogP contribution in [0.15, 0.2) is 24.3 Å². The van der Waals surface area contributed by atoms with Crippen LogP contribution in [0.5, 0.6) is 0 Å². The summed E-state index contributed by atoms with van der Waals surface area (Å²) in [7, 11) is 1.90. The number of nitrogens with zero attached hydrogens (tertiary/aromatic N) is 1. The first-order valence-corrected chi connectivity index (χ1v) is 7.46. The molecule has 0 bridgehead atoms. The number of rotatable bonds is 5. The van der Waals surface area contributed by atoms with E-state index >= 15 is 0 Å². The number of carbonyl (C=O) groups excluding carboxylic acids is 2. The summed E-state index contributed by atoms with van der Waals surface area (Å²) >= 11 is 5.77. The van der Waals surface area contributed by atoms with Crippen LogP contribution in [0.3, 0.4) is 0 Å². The van der Waals surface area contributed by atoms with E-state index in [1.807, 2.05) is 7.05 Å². The molecule has 0 aromatic heterocycles. The van der Waals surface area contributed by atoms with Crippen LogP contribution < -0.4 is 10.6 Å². The predicted octanol–water partition coefficient (Wildman–Crippen LogP) is 1.28. The molecule has 1 fully saturated rings. The van der Waals surface area contributed by atoms with Gasteiger partial charge in [-0.3, -0.25) is 19.8 Å². The van der Waals surface area contributed by atoms with Gasteiger partial charge in [0, 0.05) is 23.2 Å². The lowest BCUT2D eigenvalue weighted by molar-refractivity contribution is -0.121. The van der Waals surface area contributed by atoms with Crippen LogP contribution in [0, 0.1) is 0 Å². The van der Waals surface area contributed by atoms with Crippen molar-refractivity contribution in [1.82, 2.24) is 15.5 Å². The molecule has 1 atom stereocenters. The molecule has 0 aliphatic carbocycles. The topological polar surface area (TPSA) is 61.4 Å². The molecule has 5 nitrogen and oxygen atoms in total. The monoisotopic (exact) mass is 309 g/mol. The van der Waals surface area contributed by atoms with E-state index in [1.165, 1.54) is 0 Å². The second-order valence-corrected chi connectivity index (χ2v) is 5.64. The molecular weight excluding hydrogens is 290 g/mol. The van der Waals surface area contributed by atoms with Gasteiger partial charge in [-0.25, -0.2) is 0 Å². The van der Waals surface area contributed by atoms with E-state index in [2.05, 4.69) is 15.5 Å². The molecule has 1 heterocycles. The van der Waals surface area contributed by atoms with Gasteiger partial charge in [-0.15, -0.1) is 0 Å². The normalized spacial score (nSPS) is 18.7. The zero-order valence-corrected chi connectivity index (χ0v) is 12.8. The maximum absolute atomic E-state index is 12.0. The number of nitrogens with one attached hydrogen (secondary N) is 2. The van der Waals surface area contributed by atoms with E-state index in [1.54, 1.807) is 24.3 Å². The maximum Gasteiger partial charge on any atom is 0.257 e. The molecule has 1 aromatic rings. The Hall–Kier alpha value is -1.43. The number of likely N-dealkylation sites (N-methyl/N-ethyl adjacent to an activating group) is 1. The molecule has 2 amide bonds. The summed E-state index contributed by atoms with van der Waals surface area (Å²) in [5.74, 6) is -0.654. The molecule has 2 rings (SSSR count). The fraction of sp³-hybridized carbons (Fsp3) is 0.467. The third-order valence-electron chi connectivity index (χ3n) is 3.64. The quantitative estimate of drug-likeness (QED) is 0.860. The van der Waals surface area contributed by atoms with Crippen molar-refractivity contribution in [3.05, 3.63) is 34.9 Å². The fourth-order valence-electron chi connectivity index (χ4n) is 2.59. The van der Waals surface area contributed by atoms with Crippen molar-refractivity contribution in [1.29, 1.82) is 0 Å². The Morgan fingerprint density at radius 1 is 1.33 bits per heavy atom. The molecule has 1 unspecified atom stereocenters. The Balaban J connectivity index is 1.86. The predicted molar refractivity (Wildman–Crippen MR) is 82.4 cm³/mol. The van der Waals surface area contributed by atoms with E-state index in [4.69, 9.17) is 11.6 Å². The van der Waals surface area contributed by atoms with Crippen LogP contribution in [0.25, 0.3) is 0 Å². The summed E-state index contributed by atoms with van der Waals surface area (Å²) in [5, 5.41) is 6.11. The third kappa shape index (κ3) is 4.52. The molecule has 1 aromatic carbocycles. The average Bonchev–Trinajstić information content (AvgIpc) is 2.87. The summed E-state index contributed by atoms with van der Waals surface area (Å²) in [6, 6.07) is 6.83. The Kier molecular flexibility index (Phi) is 5.73. The van der Waals surface area contributed by atoms with Crippen molar-refractivity contribution in [2.45, 2.75) is 18.9 Å². The molecule has 1 saturated heterocycles. The SMILES string of the molecule is CNCC1CCCN1CC(=O)NC(=O)c1ccc(Cl)cc1. The van der Waals surface area contributed by atoms with Gasteiger partial charge in [0.15, 0.2) is 0 Å². The lowest BCUT2D eigenvalue weighted by atomic mass is 10.2. The van der Waals surface area contributed by atoms with Gasteiger partial charge in [0.25, 0.3) is 5.91 Å². The van der Waals surface area contributed by atoms with E-state index < -0.39 is 0 Å². The molecule has 1 aliphatic rings. The zero-order chi connectivity index (χ0) is 15.2. The number of likely N-dealkylation sites (tertiary alicyclic amines) is 1. The molecule has 6 heteroatoms. The summed E-state index contributed by atoms with van der Waals surface area (Å²) in [6.07, 6.45) is 2.17. The lowest BCUT2D eigenvalue weighted by Crippen LogP contribution is -2.44. The van der Waals surface area contributed by atoms with Crippen molar-refractivity contribution in [3.8, 4) is 0 Å². The minimum atomic E-state index is -0.388. The zero-order valence-electron chi connectivity index (χ0n) is 12.1. The molecular formula is C15H20ClN3O2. The van der Waals surface area contributed by atoms with Crippen molar-refractivity contribution >= 4 is 23.4 Å². The van der Waals surface area contributed by atoms with E-state index in [0.29, 0.717) is 16.6 Å². The molecule has 0 saturated carbocycles. The molecule has 2 N–H and O–H groups in total. The summed E-state index contributed by atoms with van der Waals surface area (Å²) in [5.41, 5.74) is 0.431. The number of imide groups is 1. The highest BCUT2D eigenvalue weighted by Crippen LogP contribution is 2.15. The van der Waals surface area contributed by atoms with E-state index in [0.717, 1.165) is 25.9 Å². The van der Waals surface area contributed by atoms with Crippen LogP contribution in [0.4, 0.5) is 0 Å². The van der Waals surface area contributed by atoms with Gasteiger partial charge >= 0.3 is 0 Å². The van der Waals surface area contributed by atoms with Crippen LogP contribution in [-0.2, 0) is 4.79 Å². The Morgan fingerprint density at radius 3 is 2.71 bits per heavy atom. The summed E-state index contributed by atoms with van der Waals surface area (Å²) < 4.78 is 0. The average molecular weight is 310 g/mol. The van der Waals surface area contributed by atoms with Crippen molar-refractivity contribution in [2.75, 3.05) is 26.7 Å². The van der Waals surface area contributed by atoms with Crippen LogP contribution in [-0.4, -0.2) is 49.4 Å². The van der Waals surface area contributed by atoms with Crippen molar-refractivity contribution in [2.24, 2.45) is 0 Å². The van der Waals surface area contributed by atoms with Gasteiger partial charge in [0.05, 0.1) is 6.54 Å². The Bertz CT molecular complexity index is 504. The highest BCUT2D eigenvalue weighted by atomic mass is 35.5. The van der Waals surface area contributed by atoms with Gasteiger partial charge in [-0.05, 0) is 50.7 Å². The fourth-order valence-corrected chi connectivity index (χ4v) is 2.72. The first-order chi connectivity index (χ1) is 10.1. The molecule has 0 spiro atoms. The van der Waals surface area contributed by atoms with Crippen LogP contribution >= 0.6 is 11.6 Å². The van der Waals surface area contributed by atoms with Gasteiger partial charge in [0.1, 0.15) is 0 Å². The standard InChI is InChI=1S/C15H20ClN3O2/c1-17-9-13-3-2-8-19(13)10-14(20)18-15(21)11-4-6-12(16)7-5-11/h4-7,13,17H,2-3,8-10H2,1H3,(H,18,20,21). The summed E-state index contributed by atoms with van der Waals surface area (Å²) in [6.45, 7) is 2.01. The highest BCUT2D eigenvalue weighted by molar-refractivity contribution is 6.30. The number of carbonyl (C=O) groups is 2. The minimum Gasteiger partial charge on any atom is -0.318 e. The van der Waals surface area contributed by atoms with E-state index in [-0.39, 0.29) is 18.4 Å². The first-order valence-electron chi connectivity index (χ1n) is 7.08. The highest BCUT2D eigenvalue weighted by Gasteiger charge is 2.26. The number of halogens is 1. The third-order valence-corrected chi connectivity index (χ3v) is 3.90. The van der Waals surface area contributed by atoms with Gasteiger partial charge in [-0.1, -0.05) is 11.6 Å². The van der Waals surface area contributed by atoms with E-state index in [9.17, 15) is 9.59 Å². The van der Waals surface area contributed by atoms with Gasteiger partial charge in [0.2, 0.25) is 5.91 Å². The van der Waals surface area contributed by atoms with Crippen LogP contribution in [0.2, 0.25) is 5.02 Å².